The zero-order valence-electron chi connectivity index (χ0n) is 11.7. The number of nitrogens with zero attached hydrogens (tertiary/aromatic N) is 1. The van der Waals surface area contributed by atoms with E-state index in [-0.39, 0.29) is 0 Å². The highest BCUT2D eigenvalue weighted by molar-refractivity contribution is 7.80. The number of ether oxygens (including phenoxy) is 1. The predicted molar refractivity (Wildman–Crippen MR) is 83.8 cm³/mol. The van der Waals surface area contributed by atoms with Gasteiger partial charge in [0, 0.05) is 18.8 Å². The Labute approximate surface area is 120 Å². The molecule has 0 aliphatic carbocycles. The maximum atomic E-state index is 5.53. The highest BCUT2D eigenvalue weighted by Gasteiger charge is 2.15. The van der Waals surface area contributed by atoms with Crippen LogP contribution < -0.4 is 5.32 Å². The predicted octanol–water partition coefficient (Wildman–Crippen LogP) is 2.84. The third-order valence-corrected chi connectivity index (χ3v) is 3.89. The quantitative estimate of drug-likeness (QED) is 0.859. The SMILES string of the molecule is CCc1cccc(CC)c1NC(=S)N1CCOCC1. The average molecular weight is 278 g/mol. The van der Waals surface area contributed by atoms with Gasteiger partial charge in [-0.2, -0.15) is 0 Å². The van der Waals surface area contributed by atoms with Gasteiger partial charge in [0.1, 0.15) is 0 Å². The lowest BCUT2D eigenvalue weighted by Gasteiger charge is -2.30. The van der Waals surface area contributed by atoms with Crippen LogP contribution in [0.1, 0.15) is 25.0 Å². The summed E-state index contributed by atoms with van der Waals surface area (Å²) in [5.74, 6) is 0. The topological polar surface area (TPSA) is 24.5 Å². The summed E-state index contributed by atoms with van der Waals surface area (Å²) in [5.41, 5.74) is 3.86. The molecule has 1 aromatic carbocycles. The zero-order chi connectivity index (χ0) is 13.7. The molecular weight excluding hydrogens is 256 g/mol. The molecule has 0 amide bonds. The molecule has 0 aromatic heterocycles. The summed E-state index contributed by atoms with van der Waals surface area (Å²) in [5, 5.41) is 4.27. The van der Waals surface area contributed by atoms with Crippen molar-refractivity contribution in [2.75, 3.05) is 31.6 Å². The van der Waals surface area contributed by atoms with Gasteiger partial charge < -0.3 is 15.0 Å². The van der Waals surface area contributed by atoms with Gasteiger partial charge in [0.05, 0.1) is 13.2 Å². The van der Waals surface area contributed by atoms with Crippen LogP contribution >= 0.6 is 12.2 Å². The molecule has 0 atom stereocenters. The van der Waals surface area contributed by atoms with Crippen molar-refractivity contribution in [2.45, 2.75) is 26.7 Å². The fraction of sp³-hybridized carbons (Fsp3) is 0.533. The van der Waals surface area contributed by atoms with Gasteiger partial charge in [-0.1, -0.05) is 32.0 Å². The van der Waals surface area contributed by atoms with Crippen molar-refractivity contribution in [3.63, 3.8) is 0 Å². The molecule has 0 bridgehead atoms. The lowest BCUT2D eigenvalue weighted by Crippen LogP contribution is -2.43. The first-order chi connectivity index (χ1) is 9.26. The number of thiocarbonyl (C=S) groups is 1. The summed E-state index contributed by atoms with van der Waals surface area (Å²) in [6.07, 6.45) is 2.03. The third kappa shape index (κ3) is 3.45. The van der Waals surface area contributed by atoms with E-state index in [9.17, 15) is 0 Å². The minimum atomic E-state index is 0.762. The molecule has 0 saturated carbocycles. The van der Waals surface area contributed by atoms with E-state index in [4.69, 9.17) is 17.0 Å². The second-order valence-electron chi connectivity index (χ2n) is 4.69. The van der Waals surface area contributed by atoms with Crippen molar-refractivity contribution in [2.24, 2.45) is 0 Å². The molecule has 0 unspecified atom stereocenters. The van der Waals surface area contributed by atoms with E-state index in [2.05, 4.69) is 42.3 Å². The average Bonchev–Trinajstić information content (AvgIpc) is 2.48. The van der Waals surface area contributed by atoms with Gasteiger partial charge >= 0.3 is 0 Å². The van der Waals surface area contributed by atoms with Crippen molar-refractivity contribution in [3.05, 3.63) is 29.3 Å². The van der Waals surface area contributed by atoms with Gasteiger partial charge in [-0.15, -0.1) is 0 Å². The molecule has 0 radical (unpaired) electrons. The van der Waals surface area contributed by atoms with E-state index in [1.54, 1.807) is 0 Å². The van der Waals surface area contributed by atoms with Crippen molar-refractivity contribution in [3.8, 4) is 0 Å². The zero-order valence-corrected chi connectivity index (χ0v) is 12.6. The van der Waals surface area contributed by atoms with E-state index < -0.39 is 0 Å². The van der Waals surface area contributed by atoms with E-state index in [0.717, 1.165) is 44.3 Å². The molecule has 1 aliphatic rings. The fourth-order valence-corrected chi connectivity index (χ4v) is 2.64. The monoisotopic (exact) mass is 278 g/mol. The van der Waals surface area contributed by atoms with E-state index >= 15 is 0 Å². The van der Waals surface area contributed by atoms with E-state index in [1.807, 2.05) is 0 Å². The van der Waals surface area contributed by atoms with Crippen molar-refractivity contribution < 1.29 is 4.74 Å². The largest absolute Gasteiger partial charge is 0.378 e. The van der Waals surface area contributed by atoms with E-state index in [1.165, 1.54) is 16.8 Å². The molecule has 1 fully saturated rings. The normalized spacial score (nSPS) is 15.4. The summed E-state index contributed by atoms with van der Waals surface area (Å²) in [6.45, 7) is 7.63. The van der Waals surface area contributed by atoms with Crippen LogP contribution in [0, 0.1) is 0 Å². The second kappa shape index (κ2) is 6.87. The Kier molecular flexibility index (Phi) is 5.16. The minimum absolute atomic E-state index is 0.762. The Morgan fingerprint density at radius 3 is 2.32 bits per heavy atom. The van der Waals surface area contributed by atoms with E-state index in [0.29, 0.717) is 0 Å². The molecule has 4 heteroatoms. The van der Waals surface area contributed by atoms with Crippen LogP contribution in [0.15, 0.2) is 18.2 Å². The molecule has 1 saturated heterocycles. The van der Waals surface area contributed by atoms with Crippen LogP contribution in [0.4, 0.5) is 5.69 Å². The summed E-state index contributed by atoms with van der Waals surface area (Å²) in [6, 6.07) is 6.47. The molecule has 1 aromatic rings. The van der Waals surface area contributed by atoms with Crippen LogP contribution in [-0.2, 0) is 17.6 Å². The molecule has 3 nitrogen and oxygen atoms in total. The first-order valence-electron chi connectivity index (χ1n) is 7.00. The van der Waals surface area contributed by atoms with Gasteiger partial charge in [-0.3, -0.25) is 0 Å². The number of para-hydroxylation sites is 1. The van der Waals surface area contributed by atoms with Crippen LogP contribution in [0.2, 0.25) is 0 Å². The number of morpholine rings is 1. The van der Waals surface area contributed by atoms with Crippen molar-refractivity contribution >= 4 is 23.0 Å². The highest BCUT2D eigenvalue weighted by Crippen LogP contribution is 2.23. The molecular formula is C15H22N2OS. The Morgan fingerprint density at radius 1 is 1.21 bits per heavy atom. The standard InChI is InChI=1S/C15H22N2OS/c1-3-12-6-5-7-13(4-2)14(12)16-15(19)17-8-10-18-11-9-17/h5-7H,3-4,8-11H2,1-2H3,(H,16,19). The molecule has 2 rings (SSSR count). The lowest BCUT2D eigenvalue weighted by molar-refractivity contribution is 0.0690. The van der Waals surface area contributed by atoms with Crippen LogP contribution in [0.3, 0.4) is 0 Å². The Hall–Kier alpha value is -1.13. The number of aryl methyl sites for hydroxylation is 2. The van der Waals surface area contributed by atoms with Gasteiger partial charge in [0.2, 0.25) is 0 Å². The first-order valence-corrected chi connectivity index (χ1v) is 7.41. The number of anilines is 1. The smallest absolute Gasteiger partial charge is 0.173 e. The minimum Gasteiger partial charge on any atom is -0.378 e. The van der Waals surface area contributed by atoms with Gasteiger partial charge in [0.25, 0.3) is 0 Å². The molecule has 1 aliphatic heterocycles. The number of rotatable bonds is 3. The maximum Gasteiger partial charge on any atom is 0.173 e. The Balaban J connectivity index is 2.15. The van der Waals surface area contributed by atoms with Crippen LogP contribution in [0.5, 0.6) is 0 Å². The summed E-state index contributed by atoms with van der Waals surface area (Å²) in [4.78, 5) is 2.19. The van der Waals surface area contributed by atoms with Gasteiger partial charge in [0.15, 0.2) is 5.11 Å². The number of hydrogen-bond acceptors (Lipinski definition) is 2. The third-order valence-electron chi connectivity index (χ3n) is 3.53. The van der Waals surface area contributed by atoms with Crippen molar-refractivity contribution in [1.82, 2.24) is 4.90 Å². The van der Waals surface area contributed by atoms with Crippen LogP contribution in [-0.4, -0.2) is 36.3 Å². The summed E-state index contributed by atoms with van der Waals surface area (Å²) in [7, 11) is 0. The fourth-order valence-electron chi connectivity index (χ4n) is 2.36. The molecule has 0 spiro atoms. The number of nitrogens with one attached hydrogen (secondary N) is 1. The van der Waals surface area contributed by atoms with Crippen LogP contribution in [0.25, 0.3) is 0 Å². The molecule has 104 valence electrons. The highest BCUT2D eigenvalue weighted by atomic mass is 32.1. The Morgan fingerprint density at radius 2 is 1.79 bits per heavy atom. The summed E-state index contributed by atoms with van der Waals surface area (Å²) >= 11 is 5.53. The summed E-state index contributed by atoms with van der Waals surface area (Å²) < 4.78 is 5.36. The maximum absolute atomic E-state index is 5.53. The van der Waals surface area contributed by atoms with Gasteiger partial charge in [-0.25, -0.2) is 0 Å². The Bertz CT molecular complexity index is 420. The van der Waals surface area contributed by atoms with Gasteiger partial charge in [-0.05, 0) is 36.2 Å². The molecule has 19 heavy (non-hydrogen) atoms. The molecule has 1 N–H and O–H groups in total. The molecule has 1 heterocycles. The number of hydrogen-bond donors (Lipinski definition) is 1. The second-order valence-corrected chi connectivity index (χ2v) is 5.07. The van der Waals surface area contributed by atoms with Crippen molar-refractivity contribution in [1.29, 1.82) is 0 Å². The first kappa shape index (κ1) is 14.3. The number of benzene rings is 1. The lowest BCUT2D eigenvalue weighted by atomic mass is 10.0.